The number of nitrogens with zero attached hydrogens (tertiary/aromatic N) is 3. The van der Waals surface area contributed by atoms with Crippen molar-refractivity contribution in [3.05, 3.63) is 188 Å². The van der Waals surface area contributed by atoms with E-state index < -0.39 is 0 Å². The van der Waals surface area contributed by atoms with Crippen molar-refractivity contribution in [3.8, 4) is 67.5 Å². The highest BCUT2D eigenvalue weighted by Crippen LogP contribution is 2.44. The van der Waals surface area contributed by atoms with Crippen LogP contribution in [0.15, 0.2) is 192 Å². The molecule has 0 spiro atoms. The predicted octanol–water partition coefficient (Wildman–Crippen LogP) is 14.1. The van der Waals surface area contributed by atoms with Crippen LogP contribution in [-0.4, -0.2) is 15.0 Å². The molecule has 0 aliphatic rings. The summed E-state index contributed by atoms with van der Waals surface area (Å²) in [7, 11) is 0. The number of thiophene rings is 1. The van der Waals surface area contributed by atoms with Crippen LogP contribution in [0, 0.1) is 0 Å². The molecule has 0 aliphatic carbocycles. The van der Waals surface area contributed by atoms with E-state index in [-0.39, 0.29) is 0 Å². The standard InChI is InChI=1S/C51H31N3OS/c1-3-14-32(15-4-1)49-52-50(33-16-5-2-6-17-33)54-51(53-49)37-21-11-18-34(28-37)38-30-43(47-42-23-7-9-26-44(42)55-45(47)31-38)36-20-12-19-35(29-36)39-24-13-25-41-40-22-8-10-27-46(40)56-48(39)41/h1-31H. The second kappa shape index (κ2) is 13.3. The first-order valence-electron chi connectivity index (χ1n) is 18.7. The molecule has 11 rings (SSSR count). The van der Waals surface area contributed by atoms with Gasteiger partial charge in [-0.2, -0.15) is 0 Å². The van der Waals surface area contributed by atoms with Crippen LogP contribution in [0.2, 0.25) is 0 Å². The molecule has 0 saturated heterocycles. The first-order valence-corrected chi connectivity index (χ1v) is 19.5. The highest BCUT2D eigenvalue weighted by molar-refractivity contribution is 7.26. The summed E-state index contributed by atoms with van der Waals surface area (Å²) >= 11 is 1.86. The lowest BCUT2D eigenvalue weighted by molar-refractivity contribution is 0.669. The third kappa shape index (κ3) is 5.56. The lowest BCUT2D eigenvalue weighted by Crippen LogP contribution is -2.00. The Labute approximate surface area is 327 Å². The molecule has 11 aromatic rings. The van der Waals surface area contributed by atoms with Gasteiger partial charge in [-0.15, -0.1) is 11.3 Å². The molecule has 3 heterocycles. The van der Waals surface area contributed by atoms with E-state index in [9.17, 15) is 0 Å². The Bertz CT molecular complexity index is 3200. The molecule has 5 heteroatoms. The molecule has 0 N–H and O–H groups in total. The lowest BCUT2D eigenvalue weighted by Gasteiger charge is -2.12. The molecule has 56 heavy (non-hydrogen) atoms. The van der Waals surface area contributed by atoms with Crippen LogP contribution in [0.25, 0.3) is 110 Å². The van der Waals surface area contributed by atoms with E-state index in [1.54, 1.807) is 0 Å². The van der Waals surface area contributed by atoms with Crippen LogP contribution in [0.3, 0.4) is 0 Å². The number of hydrogen-bond donors (Lipinski definition) is 0. The van der Waals surface area contributed by atoms with Gasteiger partial charge in [-0.3, -0.25) is 0 Å². The first-order chi connectivity index (χ1) is 27.7. The molecule has 0 atom stereocenters. The van der Waals surface area contributed by atoms with Crippen LogP contribution in [0.1, 0.15) is 0 Å². The van der Waals surface area contributed by atoms with Gasteiger partial charge in [0, 0.05) is 47.6 Å². The van der Waals surface area contributed by atoms with Gasteiger partial charge in [-0.25, -0.2) is 15.0 Å². The van der Waals surface area contributed by atoms with Gasteiger partial charge in [0.2, 0.25) is 0 Å². The highest BCUT2D eigenvalue weighted by atomic mass is 32.1. The van der Waals surface area contributed by atoms with E-state index in [0.717, 1.165) is 60.9 Å². The number of fused-ring (bicyclic) bond motifs is 6. The summed E-state index contributed by atoms with van der Waals surface area (Å²) in [4.78, 5) is 14.9. The van der Waals surface area contributed by atoms with Crippen molar-refractivity contribution in [2.75, 3.05) is 0 Å². The summed E-state index contributed by atoms with van der Waals surface area (Å²) in [6.45, 7) is 0. The molecule has 0 unspecified atom stereocenters. The second-order valence-electron chi connectivity index (χ2n) is 14.0. The number of para-hydroxylation sites is 1. The van der Waals surface area contributed by atoms with Crippen LogP contribution in [0.5, 0.6) is 0 Å². The van der Waals surface area contributed by atoms with Gasteiger partial charge in [0.1, 0.15) is 11.2 Å². The number of rotatable bonds is 6. The number of hydrogen-bond acceptors (Lipinski definition) is 5. The minimum absolute atomic E-state index is 0.618. The van der Waals surface area contributed by atoms with Crippen LogP contribution < -0.4 is 0 Å². The topological polar surface area (TPSA) is 51.8 Å². The van der Waals surface area contributed by atoms with Crippen molar-refractivity contribution >= 4 is 53.4 Å². The zero-order chi connectivity index (χ0) is 37.0. The molecular formula is C51H31N3OS. The van der Waals surface area contributed by atoms with Crippen molar-refractivity contribution < 1.29 is 4.42 Å². The minimum Gasteiger partial charge on any atom is -0.456 e. The molecule has 262 valence electrons. The second-order valence-corrected chi connectivity index (χ2v) is 15.0. The molecule has 0 aliphatic heterocycles. The fourth-order valence-electron chi connectivity index (χ4n) is 7.85. The van der Waals surface area contributed by atoms with Crippen molar-refractivity contribution in [1.82, 2.24) is 15.0 Å². The van der Waals surface area contributed by atoms with Crippen LogP contribution in [-0.2, 0) is 0 Å². The number of aromatic nitrogens is 3. The van der Waals surface area contributed by atoms with Crippen LogP contribution >= 0.6 is 11.3 Å². The van der Waals surface area contributed by atoms with Crippen molar-refractivity contribution in [2.24, 2.45) is 0 Å². The zero-order valence-electron chi connectivity index (χ0n) is 30.1. The first kappa shape index (κ1) is 32.2. The van der Waals surface area contributed by atoms with E-state index in [0.29, 0.717) is 17.5 Å². The smallest absolute Gasteiger partial charge is 0.164 e. The fourth-order valence-corrected chi connectivity index (χ4v) is 9.09. The highest BCUT2D eigenvalue weighted by Gasteiger charge is 2.18. The molecule has 0 fully saturated rings. The summed E-state index contributed by atoms with van der Waals surface area (Å²) in [6, 6.07) is 65.7. The molecule has 0 saturated carbocycles. The normalized spacial score (nSPS) is 11.6. The fraction of sp³-hybridized carbons (Fsp3) is 0. The van der Waals surface area contributed by atoms with Gasteiger partial charge < -0.3 is 4.42 Å². The summed E-state index contributed by atoms with van der Waals surface area (Å²) in [5.74, 6) is 1.89. The zero-order valence-corrected chi connectivity index (χ0v) is 30.9. The molecule has 8 aromatic carbocycles. The Morgan fingerprint density at radius 1 is 0.339 bits per heavy atom. The predicted molar refractivity (Wildman–Crippen MR) is 233 cm³/mol. The Balaban J connectivity index is 1.07. The third-order valence-corrected chi connectivity index (χ3v) is 11.7. The van der Waals surface area contributed by atoms with E-state index >= 15 is 0 Å². The molecule has 0 bridgehead atoms. The summed E-state index contributed by atoms with van der Waals surface area (Å²) in [6.07, 6.45) is 0. The van der Waals surface area contributed by atoms with Gasteiger partial charge in [0.15, 0.2) is 17.5 Å². The molecule has 0 radical (unpaired) electrons. The maximum atomic E-state index is 6.60. The monoisotopic (exact) mass is 733 g/mol. The average Bonchev–Trinajstić information content (AvgIpc) is 3.85. The Kier molecular flexibility index (Phi) is 7.64. The van der Waals surface area contributed by atoms with Crippen molar-refractivity contribution in [2.45, 2.75) is 0 Å². The van der Waals surface area contributed by atoms with E-state index in [4.69, 9.17) is 19.4 Å². The maximum Gasteiger partial charge on any atom is 0.164 e. The van der Waals surface area contributed by atoms with Gasteiger partial charge in [-0.05, 0) is 69.8 Å². The molecular weight excluding hydrogens is 703 g/mol. The van der Waals surface area contributed by atoms with Crippen molar-refractivity contribution in [1.29, 1.82) is 0 Å². The Hall–Kier alpha value is -7.21. The molecule has 3 aromatic heterocycles. The average molecular weight is 734 g/mol. The van der Waals surface area contributed by atoms with E-state index in [1.165, 1.54) is 31.3 Å². The van der Waals surface area contributed by atoms with E-state index in [2.05, 4.69) is 115 Å². The molecule has 4 nitrogen and oxygen atoms in total. The largest absolute Gasteiger partial charge is 0.456 e. The SMILES string of the molecule is c1ccc(-c2nc(-c3ccccc3)nc(-c3cccc(-c4cc(-c5cccc(-c6cccc7c6sc6ccccc67)c5)c5c(c4)oc4ccccc45)c3)n2)cc1. The summed E-state index contributed by atoms with van der Waals surface area (Å²) < 4.78 is 9.20. The van der Waals surface area contributed by atoms with Crippen LogP contribution in [0.4, 0.5) is 0 Å². The van der Waals surface area contributed by atoms with Gasteiger partial charge in [0.05, 0.1) is 0 Å². The van der Waals surface area contributed by atoms with Gasteiger partial charge >= 0.3 is 0 Å². The quantitative estimate of drug-likeness (QED) is 0.171. The number of benzene rings is 8. The maximum absolute atomic E-state index is 6.60. The summed E-state index contributed by atoms with van der Waals surface area (Å²) in [5, 5.41) is 4.80. The van der Waals surface area contributed by atoms with Crippen molar-refractivity contribution in [3.63, 3.8) is 0 Å². The van der Waals surface area contributed by atoms with Gasteiger partial charge in [0.25, 0.3) is 0 Å². The Morgan fingerprint density at radius 2 is 0.875 bits per heavy atom. The van der Waals surface area contributed by atoms with Gasteiger partial charge in [-0.1, -0.05) is 152 Å². The summed E-state index contributed by atoms with van der Waals surface area (Å²) in [5.41, 5.74) is 11.3. The Morgan fingerprint density at radius 3 is 1.62 bits per heavy atom. The minimum atomic E-state index is 0.618. The third-order valence-electron chi connectivity index (χ3n) is 10.5. The lowest BCUT2D eigenvalue weighted by atomic mass is 9.92. The number of furan rings is 1. The van der Waals surface area contributed by atoms with E-state index in [1.807, 2.05) is 84.1 Å². The molecule has 0 amide bonds.